The minimum Gasteiger partial charge on any atom is -0.332 e. The van der Waals surface area contributed by atoms with E-state index in [1.54, 1.807) is 19.9 Å². The van der Waals surface area contributed by atoms with Gasteiger partial charge in [0.05, 0.1) is 5.69 Å². The quantitative estimate of drug-likeness (QED) is 0.779. The van der Waals surface area contributed by atoms with Gasteiger partial charge in [0, 0.05) is 11.8 Å². The lowest BCUT2D eigenvalue weighted by Gasteiger charge is -2.17. The summed E-state index contributed by atoms with van der Waals surface area (Å²) in [6.07, 6.45) is 1.15. The second-order valence-corrected chi connectivity index (χ2v) is 8.80. The van der Waals surface area contributed by atoms with Crippen molar-refractivity contribution < 1.29 is 12.9 Å². The molecule has 1 aromatic carbocycles. The number of aryl methyl sites for hydroxylation is 1. The van der Waals surface area contributed by atoms with Gasteiger partial charge in [-0.25, -0.2) is 8.42 Å². The number of rotatable bonds is 4. The van der Waals surface area contributed by atoms with E-state index in [1.165, 1.54) is 5.56 Å². The molecule has 0 unspecified atom stereocenters. The Kier molecular flexibility index (Phi) is 3.79. The van der Waals surface area contributed by atoms with Crippen LogP contribution in [0.3, 0.4) is 0 Å². The Morgan fingerprint density at radius 1 is 1.17 bits per heavy atom. The first kappa shape index (κ1) is 16.4. The van der Waals surface area contributed by atoms with Crippen molar-refractivity contribution >= 4 is 9.84 Å². The first-order valence-corrected chi connectivity index (χ1v) is 9.24. The van der Waals surface area contributed by atoms with Crippen molar-refractivity contribution in [3.05, 3.63) is 41.7 Å². The Morgan fingerprint density at radius 2 is 1.83 bits per heavy atom. The minimum atomic E-state index is -3.38. The largest absolute Gasteiger partial charge is 0.332 e. The zero-order valence-corrected chi connectivity index (χ0v) is 14.7. The summed E-state index contributed by atoms with van der Waals surface area (Å²) in [4.78, 5) is 4.21. The maximum absolute atomic E-state index is 11.9. The normalized spacial score (nSPS) is 12.5. The molecule has 2 heterocycles. The van der Waals surface area contributed by atoms with E-state index in [-0.39, 0.29) is 11.7 Å². The highest BCUT2D eigenvalue weighted by Gasteiger charge is 2.37. The van der Waals surface area contributed by atoms with E-state index in [1.807, 2.05) is 31.2 Å². The topological polar surface area (TPSA) is 102 Å². The zero-order chi connectivity index (χ0) is 17.5. The van der Waals surface area contributed by atoms with Crippen LogP contribution in [0, 0.1) is 6.92 Å². The van der Waals surface area contributed by atoms with Gasteiger partial charge in [-0.3, -0.25) is 5.10 Å². The molecule has 0 radical (unpaired) electrons. The highest BCUT2D eigenvalue weighted by Crippen LogP contribution is 2.29. The lowest BCUT2D eigenvalue weighted by molar-refractivity contribution is 0.412. The molecule has 24 heavy (non-hydrogen) atoms. The molecule has 0 aliphatic rings. The number of aromatic nitrogens is 4. The standard InChI is InChI=1S/C16H18N4O3S/c1-10-5-7-11(8-6-10)12-9-13(19-18-12)14-17-15(20-23-14)16(2,3)24(4,21)22/h5-9H,1-4H3,(H,18,19). The van der Waals surface area contributed by atoms with Crippen molar-refractivity contribution in [2.75, 3.05) is 6.26 Å². The Hall–Kier alpha value is -2.48. The van der Waals surface area contributed by atoms with Crippen molar-refractivity contribution in [2.24, 2.45) is 0 Å². The van der Waals surface area contributed by atoms with Crippen LogP contribution in [-0.2, 0) is 14.6 Å². The molecule has 0 atom stereocenters. The van der Waals surface area contributed by atoms with Crippen molar-refractivity contribution in [1.82, 2.24) is 20.3 Å². The molecule has 0 fully saturated rings. The van der Waals surface area contributed by atoms with E-state index in [0.29, 0.717) is 5.69 Å². The average Bonchev–Trinajstić information content (AvgIpc) is 3.16. The Labute approximate surface area is 140 Å². The molecule has 3 rings (SSSR count). The zero-order valence-electron chi connectivity index (χ0n) is 13.9. The molecule has 7 nitrogen and oxygen atoms in total. The Balaban J connectivity index is 1.93. The molecular formula is C16H18N4O3S. The summed E-state index contributed by atoms with van der Waals surface area (Å²) >= 11 is 0. The van der Waals surface area contributed by atoms with Gasteiger partial charge in [0.15, 0.2) is 15.7 Å². The molecule has 0 bridgehead atoms. The van der Waals surface area contributed by atoms with E-state index in [2.05, 4.69) is 20.3 Å². The van der Waals surface area contributed by atoms with Crippen LogP contribution in [0.5, 0.6) is 0 Å². The molecule has 0 aliphatic carbocycles. The smallest absolute Gasteiger partial charge is 0.276 e. The Bertz CT molecular complexity index is 969. The predicted octanol–water partition coefficient (Wildman–Crippen LogP) is 2.71. The van der Waals surface area contributed by atoms with Gasteiger partial charge in [-0.1, -0.05) is 35.0 Å². The van der Waals surface area contributed by atoms with E-state index >= 15 is 0 Å². The molecule has 8 heteroatoms. The van der Waals surface area contributed by atoms with Gasteiger partial charge in [0.1, 0.15) is 10.4 Å². The number of nitrogens with one attached hydrogen (secondary N) is 1. The van der Waals surface area contributed by atoms with Gasteiger partial charge in [0.25, 0.3) is 5.89 Å². The van der Waals surface area contributed by atoms with E-state index in [0.717, 1.165) is 17.5 Å². The van der Waals surface area contributed by atoms with Gasteiger partial charge >= 0.3 is 0 Å². The van der Waals surface area contributed by atoms with Crippen LogP contribution in [0.15, 0.2) is 34.9 Å². The highest BCUT2D eigenvalue weighted by atomic mass is 32.2. The van der Waals surface area contributed by atoms with Gasteiger partial charge in [-0.2, -0.15) is 10.1 Å². The SMILES string of the molecule is Cc1ccc(-c2cc(-c3nc(C(C)(C)S(C)(=O)=O)no3)[nH]n2)cc1. The van der Waals surface area contributed by atoms with Crippen LogP contribution >= 0.6 is 0 Å². The summed E-state index contributed by atoms with van der Waals surface area (Å²) in [5.74, 6) is 0.319. The fraction of sp³-hybridized carbons (Fsp3) is 0.312. The summed E-state index contributed by atoms with van der Waals surface area (Å²) in [6.45, 7) is 5.10. The maximum atomic E-state index is 11.9. The number of sulfone groups is 1. The molecular weight excluding hydrogens is 328 g/mol. The molecule has 0 amide bonds. The summed E-state index contributed by atoms with van der Waals surface area (Å²) in [6, 6.07) is 9.74. The molecule has 0 saturated carbocycles. The second kappa shape index (κ2) is 5.55. The third-order valence-corrected chi connectivity index (χ3v) is 6.08. The van der Waals surface area contributed by atoms with Crippen molar-refractivity contribution in [3.8, 4) is 22.8 Å². The van der Waals surface area contributed by atoms with E-state index < -0.39 is 14.6 Å². The van der Waals surface area contributed by atoms with E-state index in [9.17, 15) is 8.42 Å². The molecule has 3 aromatic rings. The maximum Gasteiger partial charge on any atom is 0.276 e. The third kappa shape index (κ3) is 2.84. The van der Waals surface area contributed by atoms with Crippen LogP contribution in [0.4, 0.5) is 0 Å². The molecule has 0 saturated heterocycles. The number of aromatic amines is 1. The molecule has 0 spiro atoms. The fourth-order valence-electron chi connectivity index (χ4n) is 2.05. The van der Waals surface area contributed by atoms with Crippen LogP contribution in [0.1, 0.15) is 25.2 Å². The van der Waals surface area contributed by atoms with Crippen molar-refractivity contribution in [2.45, 2.75) is 25.5 Å². The van der Waals surface area contributed by atoms with Crippen LogP contribution in [-0.4, -0.2) is 35.0 Å². The summed E-state index contributed by atoms with van der Waals surface area (Å²) in [5, 5.41) is 10.9. The number of hydrogen-bond donors (Lipinski definition) is 1. The van der Waals surface area contributed by atoms with Gasteiger partial charge in [-0.05, 0) is 26.8 Å². The Morgan fingerprint density at radius 3 is 2.46 bits per heavy atom. The van der Waals surface area contributed by atoms with Crippen molar-refractivity contribution in [3.63, 3.8) is 0 Å². The molecule has 2 aromatic heterocycles. The molecule has 0 aliphatic heterocycles. The average molecular weight is 346 g/mol. The fourth-order valence-corrected chi connectivity index (χ4v) is 2.46. The van der Waals surface area contributed by atoms with Crippen LogP contribution in [0.25, 0.3) is 22.8 Å². The van der Waals surface area contributed by atoms with Crippen LogP contribution < -0.4 is 0 Å². The predicted molar refractivity (Wildman–Crippen MR) is 89.9 cm³/mol. The number of benzene rings is 1. The van der Waals surface area contributed by atoms with E-state index in [4.69, 9.17) is 4.52 Å². The molecule has 1 N–H and O–H groups in total. The summed E-state index contributed by atoms with van der Waals surface area (Å²) < 4.78 is 27.7. The molecule has 126 valence electrons. The minimum absolute atomic E-state index is 0.117. The summed E-state index contributed by atoms with van der Waals surface area (Å²) in [7, 11) is -3.38. The van der Waals surface area contributed by atoms with Crippen molar-refractivity contribution in [1.29, 1.82) is 0 Å². The number of hydrogen-bond acceptors (Lipinski definition) is 6. The number of nitrogens with zero attached hydrogens (tertiary/aromatic N) is 3. The lowest BCUT2D eigenvalue weighted by Crippen LogP contribution is -2.29. The van der Waals surface area contributed by atoms with Gasteiger partial charge in [-0.15, -0.1) is 0 Å². The number of H-pyrrole nitrogens is 1. The second-order valence-electron chi connectivity index (χ2n) is 6.24. The summed E-state index contributed by atoms with van der Waals surface area (Å²) in [5.41, 5.74) is 3.40. The monoisotopic (exact) mass is 346 g/mol. The third-order valence-electron chi connectivity index (χ3n) is 4.05. The highest BCUT2D eigenvalue weighted by molar-refractivity contribution is 7.91. The van der Waals surface area contributed by atoms with Crippen LogP contribution in [0.2, 0.25) is 0 Å². The van der Waals surface area contributed by atoms with Gasteiger partial charge in [0.2, 0.25) is 0 Å². The first-order valence-electron chi connectivity index (χ1n) is 7.35. The van der Waals surface area contributed by atoms with Gasteiger partial charge < -0.3 is 4.52 Å². The first-order chi connectivity index (χ1) is 11.2. The lowest BCUT2D eigenvalue weighted by atomic mass is 10.1.